The van der Waals surface area contributed by atoms with E-state index in [1.54, 1.807) is 0 Å². The molecule has 0 rings (SSSR count). The highest BCUT2D eigenvalue weighted by atomic mass is 35.6. The highest BCUT2D eigenvalue weighted by Crippen LogP contribution is 2.34. The van der Waals surface area contributed by atoms with Crippen molar-refractivity contribution >= 4 is 69.6 Å². The van der Waals surface area contributed by atoms with Gasteiger partial charge in [0, 0.05) is 23.1 Å². The predicted octanol–water partition coefficient (Wildman–Crippen LogP) is 5.76. The molecule has 0 aliphatic carbocycles. The van der Waals surface area contributed by atoms with Crippen LogP contribution in [-0.4, -0.2) is 20.4 Å². The fourth-order valence-electron chi connectivity index (χ4n) is 1.16. The molecule has 92 valence electrons. The van der Waals surface area contributed by atoms with Gasteiger partial charge in [0.05, 0.1) is 0 Å². The maximum Gasteiger partial charge on any atom is 0.192 e. The molecule has 6 heteroatoms. The third-order valence-corrected chi connectivity index (χ3v) is 3.64. The number of rotatable bonds is 7. The lowest BCUT2D eigenvalue weighted by Crippen LogP contribution is -2.11. The Bertz CT molecular complexity index is 155. The van der Waals surface area contributed by atoms with Gasteiger partial charge in [0.2, 0.25) is 0 Å². The zero-order valence-corrected chi connectivity index (χ0v) is 12.7. The second-order valence-electron chi connectivity index (χ2n) is 3.45. The van der Waals surface area contributed by atoms with Gasteiger partial charge in [-0.05, 0) is 12.8 Å². The maximum absolute atomic E-state index is 6.00. The van der Waals surface area contributed by atoms with Crippen molar-refractivity contribution in [1.29, 1.82) is 0 Å². The summed E-state index contributed by atoms with van der Waals surface area (Å²) in [6.45, 7) is 0. The van der Waals surface area contributed by atoms with E-state index in [-0.39, 0.29) is 10.8 Å². The van der Waals surface area contributed by atoms with E-state index in [0.29, 0.717) is 12.3 Å². The van der Waals surface area contributed by atoms with Crippen molar-refractivity contribution in [3.8, 4) is 0 Å². The van der Waals surface area contributed by atoms with E-state index >= 15 is 0 Å². The Morgan fingerprint density at radius 2 is 1.33 bits per heavy atom. The summed E-state index contributed by atoms with van der Waals surface area (Å²) in [5.41, 5.74) is 0. The molecule has 0 nitrogen and oxygen atoms in total. The monoisotopic (exact) mass is 332 g/mol. The van der Waals surface area contributed by atoms with Gasteiger partial charge in [-0.25, -0.2) is 0 Å². The second kappa shape index (κ2) is 8.78. The number of halogens is 6. The van der Waals surface area contributed by atoms with Crippen LogP contribution in [0.15, 0.2) is 0 Å². The van der Waals surface area contributed by atoms with Gasteiger partial charge < -0.3 is 0 Å². The molecule has 0 bridgehead atoms. The van der Waals surface area contributed by atoms with Gasteiger partial charge in [-0.15, -0.1) is 34.8 Å². The SMILES string of the molecule is ClC[C@H](Cl)CCCC[C@H](Cl)CC(Cl)(Cl)Cl. The van der Waals surface area contributed by atoms with E-state index in [9.17, 15) is 0 Å². The van der Waals surface area contributed by atoms with Crippen LogP contribution < -0.4 is 0 Å². The molecule has 0 aromatic heterocycles. The normalized spacial score (nSPS) is 16.4. The van der Waals surface area contributed by atoms with Gasteiger partial charge >= 0.3 is 0 Å². The van der Waals surface area contributed by atoms with Gasteiger partial charge in [-0.1, -0.05) is 47.6 Å². The first-order valence-electron chi connectivity index (χ1n) is 4.76. The summed E-state index contributed by atoms with van der Waals surface area (Å²) < 4.78 is -1.25. The van der Waals surface area contributed by atoms with Crippen LogP contribution in [0.2, 0.25) is 0 Å². The summed E-state index contributed by atoms with van der Waals surface area (Å²) in [6, 6.07) is 0. The number of unbranched alkanes of at least 4 members (excludes halogenated alkanes) is 1. The third kappa shape index (κ3) is 12.0. The minimum absolute atomic E-state index is 0.0496. The molecule has 0 aromatic rings. The van der Waals surface area contributed by atoms with E-state index < -0.39 is 3.79 Å². The van der Waals surface area contributed by atoms with Crippen molar-refractivity contribution in [2.75, 3.05) is 5.88 Å². The first-order valence-corrected chi connectivity index (χ1v) is 7.30. The van der Waals surface area contributed by atoms with Crippen molar-refractivity contribution in [2.45, 2.75) is 46.7 Å². The van der Waals surface area contributed by atoms with Gasteiger partial charge in [-0.2, -0.15) is 0 Å². The highest BCUT2D eigenvalue weighted by Gasteiger charge is 2.23. The van der Waals surface area contributed by atoms with Gasteiger partial charge in [0.15, 0.2) is 3.79 Å². The van der Waals surface area contributed by atoms with Gasteiger partial charge in [-0.3, -0.25) is 0 Å². The fraction of sp³-hybridized carbons (Fsp3) is 1.00. The van der Waals surface area contributed by atoms with E-state index in [2.05, 4.69) is 0 Å². The molecule has 0 aliphatic heterocycles. The quantitative estimate of drug-likeness (QED) is 0.410. The fourth-order valence-corrected chi connectivity index (χ4v) is 2.65. The van der Waals surface area contributed by atoms with Crippen LogP contribution in [0, 0.1) is 0 Å². The Hall–Kier alpha value is 1.74. The average molecular weight is 335 g/mol. The van der Waals surface area contributed by atoms with E-state index in [0.717, 1.165) is 25.7 Å². The standard InChI is InChI=1S/C9H14Cl6/c10-6-8(12)4-2-1-3-7(11)5-9(13,14)15/h7-8H,1-6H2/t7-,8+/m0/s1. The number of alkyl halides is 6. The van der Waals surface area contributed by atoms with Crippen LogP contribution in [0.25, 0.3) is 0 Å². The molecule has 0 saturated carbocycles. The van der Waals surface area contributed by atoms with Crippen molar-refractivity contribution < 1.29 is 0 Å². The molecule has 0 aromatic carbocycles. The summed E-state index contributed by atoms with van der Waals surface area (Å²) >= 11 is 34.3. The number of hydrogen-bond acceptors (Lipinski definition) is 0. The predicted molar refractivity (Wildman–Crippen MR) is 73.4 cm³/mol. The van der Waals surface area contributed by atoms with Gasteiger partial charge in [0.1, 0.15) is 0 Å². The molecule has 0 saturated heterocycles. The zero-order valence-electron chi connectivity index (χ0n) is 8.17. The highest BCUT2D eigenvalue weighted by molar-refractivity contribution is 6.67. The van der Waals surface area contributed by atoms with Crippen molar-refractivity contribution in [3.63, 3.8) is 0 Å². The molecule has 0 N–H and O–H groups in total. The molecular weight excluding hydrogens is 321 g/mol. The van der Waals surface area contributed by atoms with Crippen LogP contribution in [0.4, 0.5) is 0 Å². The summed E-state index contributed by atoms with van der Waals surface area (Å²) in [5.74, 6) is 0.486. The van der Waals surface area contributed by atoms with Crippen molar-refractivity contribution in [1.82, 2.24) is 0 Å². The van der Waals surface area contributed by atoms with Crippen LogP contribution in [0.3, 0.4) is 0 Å². The molecule has 0 aliphatic rings. The third-order valence-electron chi connectivity index (χ3n) is 1.91. The average Bonchev–Trinajstić information content (AvgIpc) is 2.09. The Morgan fingerprint density at radius 3 is 1.73 bits per heavy atom. The minimum atomic E-state index is -1.25. The lowest BCUT2D eigenvalue weighted by atomic mass is 10.1. The molecular formula is C9H14Cl6. The second-order valence-corrected chi connectivity index (χ2v) is 7.51. The molecule has 15 heavy (non-hydrogen) atoms. The first kappa shape index (κ1) is 16.7. The molecule has 0 unspecified atom stereocenters. The maximum atomic E-state index is 6.00. The van der Waals surface area contributed by atoms with Gasteiger partial charge in [0.25, 0.3) is 0 Å². The molecule has 0 radical (unpaired) electrons. The van der Waals surface area contributed by atoms with Crippen LogP contribution >= 0.6 is 69.6 Å². The Balaban J connectivity index is 3.43. The van der Waals surface area contributed by atoms with E-state index in [4.69, 9.17) is 69.6 Å². The summed E-state index contributed by atoms with van der Waals surface area (Å²) in [5, 5.41) is -0.0455. The van der Waals surface area contributed by atoms with Crippen LogP contribution in [0.1, 0.15) is 32.1 Å². The molecule has 2 atom stereocenters. The first-order chi connectivity index (χ1) is 6.85. The molecule has 0 heterocycles. The van der Waals surface area contributed by atoms with Crippen LogP contribution in [0.5, 0.6) is 0 Å². The lowest BCUT2D eigenvalue weighted by Gasteiger charge is -2.15. The lowest BCUT2D eigenvalue weighted by molar-refractivity contribution is 0.601. The molecule has 0 amide bonds. The van der Waals surface area contributed by atoms with E-state index in [1.807, 2.05) is 0 Å². The summed E-state index contributed by atoms with van der Waals surface area (Å²) in [6.07, 6.45) is 4.10. The summed E-state index contributed by atoms with van der Waals surface area (Å²) in [4.78, 5) is 0. The summed E-state index contributed by atoms with van der Waals surface area (Å²) in [7, 11) is 0. The molecule has 0 fully saturated rings. The van der Waals surface area contributed by atoms with E-state index in [1.165, 1.54) is 0 Å². The zero-order chi connectivity index (χ0) is 11.9. The Morgan fingerprint density at radius 1 is 0.867 bits per heavy atom. The van der Waals surface area contributed by atoms with Crippen molar-refractivity contribution in [3.05, 3.63) is 0 Å². The molecule has 0 spiro atoms. The Kier molecular flexibility index (Phi) is 9.79. The van der Waals surface area contributed by atoms with Crippen LogP contribution in [-0.2, 0) is 0 Å². The smallest absolute Gasteiger partial charge is 0.125 e. The largest absolute Gasteiger partial charge is 0.192 e. The Labute approximate surface area is 121 Å². The topological polar surface area (TPSA) is 0 Å². The minimum Gasteiger partial charge on any atom is -0.125 e. The van der Waals surface area contributed by atoms with Crippen molar-refractivity contribution in [2.24, 2.45) is 0 Å². The number of hydrogen-bond donors (Lipinski definition) is 0.